The molecule has 5 nitrogen and oxygen atoms in total. The molecule has 23 heavy (non-hydrogen) atoms. The number of fused-ring (bicyclic) bond motifs is 1. The highest BCUT2D eigenvalue weighted by Gasteiger charge is 2.31. The topological polar surface area (TPSA) is 66.8 Å². The Bertz CT molecular complexity index is 722. The van der Waals surface area contributed by atoms with E-state index in [2.05, 4.69) is 16.3 Å². The first-order valence-electron chi connectivity index (χ1n) is 7.30. The van der Waals surface area contributed by atoms with E-state index in [0.29, 0.717) is 6.54 Å². The van der Waals surface area contributed by atoms with Gasteiger partial charge in [0.05, 0.1) is 12.7 Å². The Morgan fingerprint density at radius 3 is 2.65 bits per heavy atom. The number of carboxylic acids is 1. The Balaban J connectivity index is 1.89. The van der Waals surface area contributed by atoms with Crippen LogP contribution in [0.25, 0.3) is 0 Å². The molecule has 1 atom stereocenters. The monoisotopic (exact) mass is 331 g/mol. The smallest absolute Gasteiger partial charge is 0.335 e. The SMILES string of the molecule is COC(=O)C(c1ccc(C(=O)O)cc1)N1CCc2sccc2C1. The molecule has 2 heterocycles. The highest BCUT2D eigenvalue weighted by atomic mass is 32.1. The van der Waals surface area contributed by atoms with E-state index in [1.807, 2.05) is 0 Å². The van der Waals surface area contributed by atoms with Crippen molar-refractivity contribution >= 4 is 23.3 Å². The van der Waals surface area contributed by atoms with Crippen LogP contribution in [0, 0.1) is 0 Å². The van der Waals surface area contributed by atoms with Crippen LogP contribution >= 0.6 is 11.3 Å². The minimum absolute atomic E-state index is 0.205. The summed E-state index contributed by atoms with van der Waals surface area (Å²) >= 11 is 1.75. The van der Waals surface area contributed by atoms with Gasteiger partial charge in [-0.3, -0.25) is 4.90 Å². The maximum absolute atomic E-state index is 12.3. The first kappa shape index (κ1) is 15.7. The molecular formula is C17H17NO4S. The standard InChI is InChI=1S/C17H17NO4S/c1-22-17(21)15(11-2-4-12(5-3-11)16(19)20)18-8-6-14-13(10-18)7-9-23-14/h2-5,7,9,15H,6,8,10H2,1H3,(H,19,20). The number of rotatable bonds is 4. The zero-order valence-corrected chi connectivity index (χ0v) is 13.5. The molecule has 0 fully saturated rings. The van der Waals surface area contributed by atoms with Crippen LogP contribution < -0.4 is 0 Å². The van der Waals surface area contributed by atoms with Gasteiger partial charge < -0.3 is 9.84 Å². The lowest BCUT2D eigenvalue weighted by atomic mass is 10.00. The van der Waals surface area contributed by atoms with Gasteiger partial charge in [0, 0.05) is 18.0 Å². The van der Waals surface area contributed by atoms with Gasteiger partial charge in [-0.05, 0) is 41.1 Å². The summed E-state index contributed by atoms with van der Waals surface area (Å²) in [6.45, 7) is 1.47. The molecule has 1 aromatic carbocycles. The lowest BCUT2D eigenvalue weighted by molar-refractivity contribution is -0.147. The first-order chi connectivity index (χ1) is 11.1. The third-order valence-corrected chi connectivity index (χ3v) is 5.12. The zero-order chi connectivity index (χ0) is 16.4. The van der Waals surface area contributed by atoms with Crippen LogP contribution in [0.2, 0.25) is 0 Å². The summed E-state index contributed by atoms with van der Waals surface area (Å²) in [6, 6.07) is 7.99. The second-order valence-electron chi connectivity index (χ2n) is 5.44. The fourth-order valence-corrected chi connectivity index (χ4v) is 3.80. The van der Waals surface area contributed by atoms with Gasteiger partial charge in [-0.15, -0.1) is 11.3 Å². The summed E-state index contributed by atoms with van der Waals surface area (Å²) in [5, 5.41) is 11.1. The Kier molecular flexibility index (Phi) is 4.45. The lowest BCUT2D eigenvalue weighted by Crippen LogP contribution is -2.38. The molecule has 120 valence electrons. The molecule has 0 aliphatic carbocycles. The third-order valence-electron chi connectivity index (χ3n) is 4.10. The first-order valence-corrected chi connectivity index (χ1v) is 8.18. The van der Waals surface area contributed by atoms with Crippen LogP contribution in [0.4, 0.5) is 0 Å². The third kappa shape index (κ3) is 3.13. The molecule has 0 amide bonds. The number of ether oxygens (including phenoxy) is 1. The molecule has 0 saturated carbocycles. The van der Waals surface area contributed by atoms with E-state index in [-0.39, 0.29) is 11.5 Å². The van der Waals surface area contributed by atoms with E-state index < -0.39 is 12.0 Å². The number of thiophene rings is 1. The quantitative estimate of drug-likeness (QED) is 0.873. The Morgan fingerprint density at radius 1 is 1.26 bits per heavy atom. The summed E-state index contributed by atoms with van der Waals surface area (Å²) < 4.78 is 4.97. The average molecular weight is 331 g/mol. The van der Waals surface area contributed by atoms with E-state index in [1.165, 1.54) is 29.7 Å². The number of nitrogens with zero attached hydrogens (tertiary/aromatic N) is 1. The van der Waals surface area contributed by atoms with Crippen molar-refractivity contribution in [2.75, 3.05) is 13.7 Å². The van der Waals surface area contributed by atoms with Crippen molar-refractivity contribution in [2.24, 2.45) is 0 Å². The number of esters is 1. The van der Waals surface area contributed by atoms with Crippen molar-refractivity contribution in [3.8, 4) is 0 Å². The number of methoxy groups -OCH3 is 1. The predicted octanol–water partition coefficient (Wildman–Crippen LogP) is 2.72. The summed E-state index contributed by atoms with van der Waals surface area (Å²) in [4.78, 5) is 26.7. The van der Waals surface area contributed by atoms with Gasteiger partial charge in [0.2, 0.25) is 0 Å². The van der Waals surface area contributed by atoms with E-state index >= 15 is 0 Å². The number of benzene rings is 1. The Morgan fingerprint density at radius 2 is 2.00 bits per heavy atom. The van der Waals surface area contributed by atoms with Crippen LogP contribution in [-0.2, 0) is 22.5 Å². The van der Waals surface area contributed by atoms with E-state index in [4.69, 9.17) is 9.84 Å². The molecule has 6 heteroatoms. The molecule has 1 aromatic heterocycles. The number of hydrogen-bond acceptors (Lipinski definition) is 5. The Hall–Kier alpha value is -2.18. The van der Waals surface area contributed by atoms with Gasteiger partial charge in [-0.2, -0.15) is 0 Å². The second-order valence-corrected chi connectivity index (χ2v) is 6.44. The fraction of sp³-hybridized carbons (Fsp3) is 0.294. The van der Waals surface area contributed by atoms with Crippen LogP contribution in [0.3, 0.4) is 0 Å². The summed E-state index contributed by atoms with van der Waals surface area (Å²) in [5.41, 5.74) is 2.20. The second kappa shape index (κ2) is 6.52. The van der Waals surface area contributed by atoms with Crippen molar-refractivity contribution in [2.45, 2.75) is 19.0 Å². The molecule has 3 rings (SSSR count). The fourth-order valence-electron chi connectivity index (χ4n) is 2.91. The molecule has 1 aliphatic heterocycles. The minimum atomic E-state index is -0.980. The number of carboxylic acid groups (broad SMARTS) is 1. The molecule has 0 saturated heterocycles. The van der Waals surface area contributed by atoms with Gasteiger partial charge in [0.15, 0.2) is 0 Å². The molecule has 1 unspecified atom stereocenters. The van der Waals surface area contributed by atoms with Gasteiger partial charge >= 0.3 is 11.9 Å². The van der Waals surface area contributed by atoms with Crippen LogP contribution in [0.1, 0.15) is 32.4 Å². The van der Waals surface area contributed by atoms with Crippen molar-refractivity contribution < 1.29 is 19.4 Å². The summed E-state index contributed by atoms with van der Waals surface area (Å²) in [6.07, 6.45) is 0.910. The number of carbonyl (C=O) groups excluding carboxylic acids is 1. The van der Waals surface area contributed by atoms with Gasteiger partial charge in [0.1, 0.15) is 6.04 Å². The van der Waals surface area contributed by atoms with Crippen LogP contribution in [-0.4, -0.2) is 35.6 Å². The molecule has 0 bridgehead atoms. The van der Waals surface area contributed by atoms with E-state index in [0.717, 1.165) is 18.5 Å². The van der Waals surface area contributed by atoms with Gasteiger partial charge in [0.25, 0.3) is 0 Å². The summed E-state index contributed by atoms with van der Waals surface area (Å²) in [5.74, 6) is -1.31. The average Bonchev–Trinajstić information content (AvgIpc) is 3.03. The largest absolute Gasteiger partial charge is 0.478 e. The minimum Gasteiger partial charge on any atom is -0.478 e. The molecule has 1 N–H and O–H groups in total. The van der Waals surface area contributed by atoms with Gasteiger partial charge in [-0.25, -0.2) is 9.59 Å². The molecule has 0 spiro atoms. The number of carbonyl (C=O) groups is 2. The molecular weight excluding hydrogens is 314 g/mol. The van der Waals surface area contributed by atoms with Gasteiger partial charge in [-0.1, -0.05) is 12.1 Å². The maximum Gasteiger partial charge on any atom is 0.335 e. The molecule has 1 aliphatic rings. The lowest BCUT2D eigenvalue weighted by Gasteiger charge is -2.33. The Labute approximate surface area is 138 Å². The maximum atomic E-state index is 12.3. The van der Waals surface area contributed by atoms with E-state index in [9.17, 15) is 9.59 Å². The van der Waals surface area contributed by atoms with Crippen molar-refractivity contribution in [3.05, 3.63) is 57.3 Å². The van der Waals surface area contributed by atoms with Crippen molar-refractivity contribution in [3.63, 3.8) is 0 Å². The van der Waals surface area contributed by atoms with Crippen LogP contribution in [0.15, 0.2) is 35.7 Å². The normalized spacial score (nSPS) is 15.7. The van der Waals surface area contributed by atoms with E-state index in [1.54, 1.807) is 23.5 Å². The highest BCUT2D eigenvalue weighted by Crippen LogP contribution is 2.31. The molecule has 0 radical (unpaired) electrons. The van der Waals surface area contributed by atoms with Crippen molar-refractivity contribution in [1.29, 1.82) is 0 Å². The highest BCUT2D eigenvalue weighted by molar-refractivity contribution is 7.10. The number of aromatic carboxylic acids is 1. The summed E-state index contributed by atoms with van der Waals surface area (Å²) in [7, 11) is 1.38. The molecule has 2 aromatic rings. The predicted molar refractivity (Wildman–Crippen MR) is 86.6 cm³/mol. The van der Waals surface area contributed by atoms with Crippen LogP contribution in [0.5, 0.6) is 0 Å². The number of hydrogen-bond donors (Lipinski definition) is 1. The van der Waals surface area contributed by atoms with Crippen molar-refractivity contribution in [1.82, 2.24) is 4.90 Å². The zero-order valence-electron chi connectivity index (χ0n) is 12.7.